The Labute approximate surface area is 105 Å². The maximum absolute atomic E-state index is 13.9. The van der Waals surface area contributed by atoms with Crippen LogP contribution in [0.1, 0.15) is 32.4 Å². The maximum Gasteiger partial charge on any atom is 0.142 e. The molecular weight excluding hydrogens is 271 g/mol. The zero-order chi connectivity index (χ0) is 12.3. The number of nitrogens with two attached hydrogens (primary N) is 1. The summed E-state index contributed by atoms with van der Waals surface area (Å²) in [5.41, 5.74) is 3.32. The summed E-state index contributed by atoms with van der Waals surface area (Å²) >= 11 is 3.19. The summed E-state index contributed by atoms with van der Waals surface area (Å²) in [6, 6.07) is 5.10. The van der Waals surface area contributed by atoms with Crippen molar-refractivity contribution >= 4 is 15.9 Å². The van der Waals surface area contributed by atoms with E-state index >= 15 is 0 Å². The maximum atomic E-state index is 13.9. The molecule has 0 bridgehead atoms. The first-order valence-corrected chi connectivity index (χ1v) is 6.18. The van der Waals surface area contributed by atoms with Gasteiger partial charge in [-0.1, -0.05) is 32.9 Å². The minimum Gasteiger partial charge on any atom is -0.271 e. The van der Waals surface area contributed by atoms with Crippen molar-refractivity contribution in [1.29, 1.82) is 0 Å². The Balaban J connectivity index is 3.09. The van der Waals surface area contributed by atoms with Crippen molar-refractivity contribution in [1.82, 2.24) is 5.43 Å². The van der Waals surface area contributed by atoms with Gasteiger partial charge >= 0.3 is 0 Å². The van der Waals surface area contributed by atoms with E-state index in [1.165, 1.54) is 0 Å². The van der Waals surface area contributed by atoms with Crippen molar-refractivity contribution in [2.75, 3.05) is 0 Å². The van der Waals surface area contributed by atoms with E-state index in [0.29, 0.717) is 16.0 Å². The third-order valence-corrected chi connectivity index (χ3v) is 3.69. The Kier molecular flexibility index (Phi) is 4.89. The molecule has 0 aromatic heterocycles. The molecule has 0 aliphatic heterocycles. The Bertz CT molecular complexity index is 355. The van der Waals surface area contributed by atoms with Gasteiger partial charge in [0.1, 0.15) is 5.82 Å². The predicted octanol–water partition coefficient (Wildman–Crippen LogP) is 3.38. The SMILES string of the molecule is CC(C)C(C)C(NN)c1cccc(Br)c1F. The Morgan fingerprint density at radius 2 is 1.94 bits per heavy atom. The van der Waals surface area contributed by atoms with Crippen LogP contribution in [0, 0.1) is 17.7 Å². The van der Waals surface area contributed by atoms with Gasteiger partial charge in [0.15, 0.2) is 0 Å². The predicted molar refractivity (Wildman–Crippen MR) is 68.2 cm³/mol. The largest absolute Gasteiger partial charge is 0.271 e. The Morgan fingerprint density at radius 3 is 2.44 bits per heavy atom. The van der Waals surface area contributed by atoms with Gasteiger partial charge < -0.3 is 0 Å². The van der Waals surface area contributed by atoms with Gasteiger partial charge in [0, 0.05) is 5.56 Å². The molecule has 0 saturated carbocycles. The zero-order valence-corrected chi connectivity index (χ0v) is 11.4. The fourth-order valence-electron chi connectivity index (χ4n) is 1.67. The molecule has 0 fully saturated rings. The highest BCUT2D eigenvalue weighted by Gasteiger charge is 2.24. The van der Waals surface area contributed by atoms with E-state index in [0.717, 1.165) is 0 Å². The molecule has 0 saturated heterocycles. The summed E-state index contributed by atoms with van der Waals surface area (Å²) < 4.78 is 14.4. The van der Waals surface area contributed by atoms with Crippen molar-refractivity contribution in [3.05, 3.63) is 34.1 Å². The standard InChI is InChI=1S/C12H18BrFN2/c1-7(2)8(3)12(16-15)9-5-4-6-10(13)11(9)14/h4-8,12,16H,15H2,1-3H3. The van der Waals surface area contributed by atoms with Crippen LogP contribution in [0.2, 0.25) is 0 Å². The van der Waals surface area contributed by atoms with E-state index in [1.54, 1.807) is 12.1 Å². The van der Waals surface area contributed by atoms with Gasteiger partial charge in [-0.05, 0) is 33.8 Å². The third kappa shape index (κ3) is 2.81. The van der Waals surface area contributed by atoms with Crippen LogP contribution in [0.15, 0.2) is 22.7 Å². The molecule has 0 heterocycles. The first-order chi connectivity index (χ1) is 7.49. The summed E-state index contributed by atoms with van der Waals surface area (Å²) in [6.45, 7) is 6.27. The van der Waals surface area contributed by atoms with Gasteiger partial charge in [-0.25, -0.2) is 4.39 Å². The lowest BCUT2D eigenvalue weighted by Gasteiger charge is -2.27. The van der Waals surface area contributed by atoms with Crippen LogP contribution >= 0.6 is 15.9 Å². The van der Waals surface area contributed by atoms with E-state index in [-0.39, 0.29) is 17.8 Å². The van der Waals surface area contributed by atoms with Crippen molar-refractivity contribution in [2.45, 2.75) is 26.8 Å². The van der Waals surface area contributed by atoms with Gasteiger partial charge in [-0.3, -0.25) is 11.3 Å². The van der Waals surface area contributed by atoms with Crippen molar-refractivity contribution in [3.63, 3.8) is 0 Å². The highest BCUT2D eigenvalue weighted by atomic mass is 79.9. The highest BCUT2D eigenvalue weighted by molar-refractivity contribution is 9.10. The fourth-order valence-corrected chi connectivity index (χ4v) is 2.05. The molecular formula is C12H18BrFN2. The van der Waals surface area contributed by atoms with Gasteiger partial charge in [0.2, 0.25) is 0 Å². The van der Waals surface area contributed by atoms with Gasteiger partial charge in [0.05, 0.1) is 10.5 Å². The van der Waals surface area contributed by atoms with E-state index in [2.05, 4.69) is 42.1 Å². The number of benzene rings is 1. The van der Waals surface area contributed by atoms with E-state index in [4.69, 9.17) is 5.84 Å². The summed E-state index contributed by atoms with van der Waals surface area (Å²) in [7, 11) is 0. The van der Waals surface area contributed by atoms with Crippen LogP contribution in [-0.4, -0.2) is 0 Å². The Hall–Kier alpha value is -0.450. The van der Waals surface area contributed by atoms with Crippen LogP contribution in [0.25, 0.3) is 0 Å². The lowest BCUT2D eigenvalue weighted by molar-refractivity contribution is 0.299. The average molecular weight is 289 g/mol. The van der Waals surface area contributed by atoms with Crippen LogP contribution in [0.3, 0.4) is 0 Å². The molecule has 1 rings (SSSR count). The number of hydrogen-bond donors (Lipinski definition) is 2. The third-order valence-electron chi connectivity index (χ3n) is 3.07. The van der Waals surface area contributed by atoms with Crippen molar-refractivity contribution in [3.8, 4) is 0 Å². The molecule has 90 valence electrons. The second-order valence-electron chi connectivity index (χ2n) is 4.39. The quantitative estimate of drug-likeness (QED) is 0.658. The summed E-state index contributed by atoms with van der Waals surface area (Å²) in [4.78, 5) is 0. The minimum atomic E-state index is -0.238. The highest BCUT2D eigenvalue weighted by Crippen LogP contribution is 2.31. The van der Waals surface area contributed by atoms with Gasteiger partial charge in [-0.15, -0.1) is 0 Å². The number of halogens is 2. The summed E-state index contributed by atoms with van der Waals surface area (Å²) in [5, 5.41) is 0. The summed E-state index contributed by atoms with van der Waals surface area (Å²) in [6.07, 6.45) is 0. The van der Waals surface area contributed by atoms with Crippen LogP contribution in [0.5, 0.6) is 0 Å². The first-order valence-electron chi connectivity index (χ1n) is 5.39. The molecule has 16 heavy (non-hydrogen) atoms. The van der Waals surface area contributed by atoms with Crippen molar-refractivity contribution < 1.29 is 4.39 Å². The monoisotopic (exact) mass is 288 g/mol. The smallest absolute Gasteiger partial charge is 0.142 e. The molecule has 3 N–H and O–H groups in total. The lowest BCUT2D eigenvalue weighted by Crippen LogP contribution is -2.35. The van der Waals surface area contributed by atoms with Gasteiger partial charge in [-0.2, -0.15) is 0 Å². The number of nitrogens with one attached hydrogen (secondary N) is 1. The molecule has 2 unspecified atom stereocenters. The van der Waals surface area contributed by atoms with Crippen LogP contribution in [0.4, 0.5) is 4.39 Å². The molecule has 0 spiro atoms. The minimum absolute atomic E-state index is 0.169. The topological polar surface area (TPSA) is 38.0 Å². The van der Waals surface area contributed by atoms with Gasteiger partial charge in [0.25, 0.3) is 0 Å². The molecule has 1 aromatic carbocycles. The first kappa shape index (κ1) is 13.6. The van der Waals surface area contributed by atoms with E-state index in [1.807, 2.05) is 6.07 Å². The van der Waals surface area contributed by atoms with Crippen LogP contribution < -0.4 is 11.3 Å². The number of rotatable bonds is 4. The second-order valence-corrected chi connectivity index (χ2v) is 5.24. The normalized spacial score (nSPS) is 15.2. The molecule has 2 atom stereocenters. The molecule has 0 aliphatic rings. The second kappa shape index (κ2) is 5.75. The zero-order valence-electron chi connectivity index (χ0n) is 9.80. The molecule has 4 heteroatoms. The molecule has 0 radical (unpaired) electrons. The lowest BCUT2D eigenvalue weighted by atomic mass is 9.86. The average Bonchev–Trinajstić information content (AvgIpc) is 2.24. The van der Waals surface area contributed by atoms with Crippen LogP contribution in [-0.2, 0) is 0 Å². The molecule has 2 nitrogen and oxygen atoms in total. The Morgan fingerprint density at radius 1 is 1.31 bits per heavy atom. The molecule has 0 amide bonds. The molecule has 1 aromatic rings. The molecule has 0 aliphatic carbocycles. The summed E-state index contributed by atoms with van der Waals surface area (Å²) in [5.74, 6) is 5.98. The fraction of sp³-hybridized carbons (Fsp3) is 0.500. The van der Waals surface area contributed by atoms with E-state index in [9.17, 15) is 4.39 Å². The number of hydrogen-bond acceptors (Lipinski definition) is 2. The number of hydrazine groups is 1. The van der Waals surface area contributed by atoms with Crippen molar-refractivity contribution in [2.24, 2.45) is 17.7 Å². The van der Waals surface area contributed by atoms with E-state index < -0.39 is 0 Å².